The number of hydrogen-bond donors (Lipinski definition) is 1. The zero-order valence-electron chi connectivity index (χ0n) is 15.6. The summed E-state index contributed by atoms with van der Waals surface area (Å²) < 4.78 is 10.8. The normalized spacial score (nSPS) is 10.1. The molecule has 2 aromatic carbocycles. The molecule has 7 nitrogen and oxygen atoms in total. The van der Waals surface area contributed by atoms with Crippen LogP contribution in [0.25, 0.3) is 0 Å². The van der Waals surface area contributed by atoms with E-state index in [9.17, 15) is 14.4 Å². The molecule has 0 aliphatic rings. The molecule has 0 aromatic heterocycles. The van der Waals surface area contributed by atoms with E-state index in [0.29, 0.717) is 10.8 Å². The molecule has 2 rings (SSSR count). The van der Waals surface area contributed by atoms with Gasteiger partial charge in [-0.3, -0.25) is 9.59 Å². The van der Waals surface area contributed by atoms with Crippen molar-refractivity contribution in [3.05, 3.63) is 64.7 Å². The summed E-state index contributed by atoms with van der Waals surface area (Å²) in [4.78, 5) is 36.8. The topological polar surface area (TPSA) is 84.9 Å². The summed E-state index contributed by atoms with van der Waals surface area (Å²) in [5.74, 6) is -1.15. The smallest absolute Gasteiger partial charge is 0.342 e. The maximum absolute atomic E-state index is 12.4. The molecule has 0 aliphatic carbocycles. The predicted octanol–water partition coefficient (Wildman–Crippen LogP) is 2.28. The van der Waals surface area contributed by atoms with Gasteiger partial charge < -0.3 is 19.7 Å². The number of carbonyl (C=O) groups is 3. The van der Waals surface area contributed by atoms with Crippen LogP contribution in [0.5, 0.6) is 5.75 Å². The van der Waals surface area contributed by atoms with Gasteiger partial charge in [0.1, 0.15) is 17.9 Å². The van der Waals surface area contributed by atoms with Crippen LogP contribution in [-0.4, -0.2) is 49.9 Å². The van der Waals surface area contributed by atoms with Gasteiger partial charge in [-0.15, -0.1) is 0 Å². The second-order valence-electron chi connectivity index (χ2n) is 5.91. The first kappa shape index (κ1) is 21.2. The van der Waals surface area contributed by atoms with Crippen molar-refractivity contribution in [2.75, 3.05) is 27.2 Å². The molecule has 0 radical (unpaired) electrons. The molecule has 0 saturated heterocycles. The maximum Gasteiger partial charge on any atom is 0.342 e. The van der Waals surface area contributed by atoms with E-state index in [1.165, 1.54) is 19.0 Å². The van der Waals surface area contributed by atoms with Crippen LogP contribution in [0.3, 0.4) is 0 Å². The second kappa shape index (κ2) is 10.3. The minimum absolute atomic E-state index is 0.117. The van der Waals surface area contributed by atoms with Gasteiger partial charge in [-0.25, -0.2) is 4.79 Å². The third-order valence-electron chi connectivity index (χ3n) is 3.83. The Bertz CT molecular complexity index is 839. The van der Waals surface area contributed by atoms with Crippen LogP contribution in [0, 0.1) is 0 Å². The Hall–Kier alpha value is -3.06. The number of benzene rings is 2. The van der Waals surface area contributed by atoms with Crippen molar-refractivity contribution in [1.29, 1.82) is 0 Å². The summed E-state index contributed by atoms with van der Waals surface area (Å²) in [7, 11) is 2.93. The Morgan fingerprint density at radius 1 is 1.07 bits per heavy atom. The summed E-state index contributed by atoms with van der Waals surface area (Å²) >= 11 is 5.86. The van der Waals surface area contributed by atoms with E-state index in [2.05, 4.69) is 5.32 Å². The fraction of sp³-hybridized carbons (Fsp3) is 0.250. The molecule has 0 spiro atoms. The van der Waals surface area contributed by atoms with Crippen LogP contribution in [0.1, 0.15) is 15.9 Å². The Morgan fingerprint density at radius 2 is 1.75 bits per heavy atom. The van der Waals surface area contributed by atoms with Crippen molar-refractivity contribution in [2.24, 2.45) is 0 Å². The summed E-state index contributed by atoms with van der Waals surface area (Å²) in [5.41, 5.74) is 1.09. The van der Waals surface area contributed by atoms with E-state index in [1.807, 2.05) is 12.1 Å². The minimum atomic E-state index is -0.687. The van der Waals surface area contributed by atoms with Crippen LogP contribution in [0.2, 0.25) is 5.02 Å². The fourth-order valence-corrected chi connectivity index (χ4v) is 2.33. The molecule has 0 saturated carbocycles. The molecule has 148 valence electrons. The van der Waals surface area contributed by atoms with E-state index in [1.54, 1.807) is 36.4 Å². The highest BCUT2D eigenvalue weighted by molar-refractivity contribution is 6.30. The molecule has 1 N–H and O–H groups in total. The molecule has 0 heterocycles. The van der Waals surface area contributed by atoms with Crippen molar-refractivity contribution >= 4 is 29.4 Å². The summed E-state index contributed by atoms with van der Waals surface area (Å²) in [6.07, 6.45) is 0. The summed E-state index contributed by atoms with van der Waals surface area (Å²) in [6.45, 7) is -0.346. The van der Waals surface area contributed by atoms with Crippen LogP contribution in [0.15, 0.2) is 48.5 Å². The zero-order chi connectivity index (χ0) is 20.5. The molecule has 0 atom stereocenters. The Kier molecular flexibility index (Phi) is 7.83. The van der Waals surface area contributed by atoms with Crippen LogP contribution in [-0.2, 0) is 20.9 Å². The number of halogens is 1. The van der Waals surface area contributed by atoms with Crippen LogP contribution >= 0.6 is 11.6 Å². The van der Waals surface area contributed by atoms with Crippen molar-refractivity contribution < 1.29 is 23.9 Å². The SMILES string of the molecule is CNC(=O)CN(C)C(=O)COC(=O)c1ccccc1OCc1ccc(Cl)cc1. The number of likely N-dealkylation sites (N-methyl/N-ethyl adjacent to an activating group) is 2. The first-order valence-corrected chi connectivity index (χ1v) is 8.86. The third-order valence-corrected chi connectivity index (χ3v) is 4.08. The first-order chi connectivity index (χ1) is 13.4. The van der Waals surface area contributed by atoms with E-state index < -0.39 is 18.5 Å². The van der Waals surface area contributed by atoms with Crippen molar-refractivity contribution in [3.8, 4) is 5.75 Å². The number of carbonyl (C=O) groups excluding carboxylic acids is 3. The maximum atomic E-state index is 12.4. The lowest BCUT2D eigenvalue weighted by Crippen LogP contribution is -2.39. The van der Waals surface area contributed by atoms with Crippen LogP contribution in [0.4, 0.5) is 0 Å². The number of esters is 1. The van der Waals surface area contributed by atoms with Gasteiger partial charge in [-0.1, -0.05) is 35.9 Å². The quantitative estimate of drug-likeness (QED) is 0.682. The molecule has 0 aliphatic heterocycles. The fourth-order valence-electron chi connectivity index (χ4n) is 2.20. The summed E-state index contributed by atoms with van der Waals surface area (Å²) in [5, 5.41) is 3.04. The van der Waals surface area contributed by atoms with Gasteiger partial charge in [-0.2, -0.15) is 0 Å². The number of ether oxygens (including phenoxy) is 2. The molecule has 2 aromatic rings. The highest BCUT2D eigenvalue weighted by Gasteiger charge is 2.18. The standard InChI is InChI=1S/C20H21ClN2O5/c1-22-18(24)11-23(2)19(25)13-28-20(26)16-5-3-4-6-17(16)27-12-14-7-9-15(21)10-8-14/h3-10H,11-13H2,1-2H3,(H,22,24). The van der Waals surface area contributed by atoms with Gasteiger partial charge in [0.2, 0.25) is 5.91 Å². The Morgan fingerprint density at radius 3 is 2.43 bits per heavy atom. The highest BCUT2D eigenvalue weighted by Crippen LogP contribution is 2.21. The van der Waals surface area contributed by atoms with Crippen LogP contribution < -0.4 is 10.1 Å². The largest absolute Gasteiger partial charge is 0.488 e. The zero-order valence-corrected chi connectivity index (χ0v) is 16.4. The number of nitrogens with zero attached hydrogens (tertiary/aromatic N) is 1. The molecule has 0 fully saturated rings. The van der Waals surface area contributed by atoms with E-state index >= 15 is 0 Å². The van der Waals surface area contributed by atoms with E-state index in [-0.39, 0.29) is 24.6 Å². The molecule has 28 heavy (non-hydrogen) atoms. The lowest BCUT2D eigenvalue weighted by molar-refractivity contribution is -0.137. The number of nitrogens with one attached hydrogen (secondary N) is 1. The lowest BCUT2D eigenvalue weighted by Gasteiger charge is -2.16. The number of hydrogen-bond acceptors (Lipinski definition) is 5. The molecule has 8 heteroatoms. The predicted molar refractivity (Wildman–Crippen MR) is 104 cm³/mol. The highest BCUT2D eigenvalue weighted by atomic mass is 35.5. The lowest BCUT2D eigenvalue weighted by atomic mass is 10.2. The van der Waals surface area contributed by atoms with Crippen molar-refractivity contribution in [1.82, 2.24) is 10.2 Å². The molecule has 0 bridgehead atoms. The average molecular weight is 405 g/mol. The number of rotatable bonds is 8. The number of para-hydroxylation sites is 1. The Labute approximate surface area is 168 Å². The summed E-state index contributed by atoms with van der Waals surface area (Å²) in [6, 6.07) is 13.8. The minimum Gasteiger partial charge on any atom is -0.488 e. The van der Waals surface area contributed by atoms with E-state index in [0.717, 1.165) is 5.56 Å². The van der Waals surface area contributed by atoms with Gasteiger partial charge in [0.05, 0.1) is 6.54 Å². The molecular weight excluding hydrogens is 384 g/mol. The molecular formula is C20H21ClN2O5. The van der Waals surface area contributed by atoms with Crippen molar-refractivity contribution in [2.45, 2.75) is 6.61 Å². The number of amides is 2. The average Bonchev–Trinajstić information content (AvgIpc) is 2.71. The monoisotopic (exact) mass is 404 g/mol. The van der Waals surface area contributed by atoms with Gasteiger partial charge >= 0.3 is 5.97 Å². The van der Waals surface area contributed by atoms with Gasteiger partial charge in [0, 0.05) is 19.1 Å². The molecule has 0 unspecified atom stereocenters. The first-order valence-electron chi connectivity index (χ1n) is 8.48. The van der Waals surface area contributed by atoms with Gasteiger partial charge in [-0.05, 0) is 29.8 Å². The van der Waals surface area contributed by atoms with Gasteiger partial charge in [0.25, 0.3) is 5.91 Å². The van der Waals surface area contributed by atoms with Crippen molar-refractivity contribution in [3.63, 3.8) is 0 Å². The van der Waals surface area contributed by atoms with E-state index in [4.69, 9.17) is 21.1 Å². The Balaban J connectivity index is 1.95. The third kappa shape index (κ3) is 6.28. The second-order valence-corrected chi connectivity index (χ2v) is 6.35. The molecule has 2 amide bonds. The van der Waals surface area contributed by atoms with Gasteiger partial charge in [0.15, 0.2) is 6.61 Å².